The molecule has 3 amide bonds. The molecule has 0 aliphatic carbocycles. The first kappa shape index (κ1) is 28.6. The first-order valence-corrected chi connectivity index (χ1v) is 13.5. The van der Waals surface area contributed by atoms with E-state index < -0.39 is 23.9 Å². The van der Waals surface area contributed by atoms with Crippen molar-refractivity contribution in [2.45, 2.75) is 46.8 Å². The molecule has 0 saturated carbocycles. The molecule has 10 heteroatoms. The van der Waals surface area contributed by atoms with Gasteiger partial charge in [0, 0.05) is 17.6 Å². The van der Waals surface area contributed by atoms with E-state index in [0.29, 0.717) is 17.5 Å². The summed E-state index contributed by atoms with van der Waals surface area (Å²) in [6, 6.07) is 18.2. The van der Waals surface area contributed by atoms with Crippen molar-refractivity contribution in [3.8, 4) is 0 Å². The molecule has 0 aliphatic heterocycles. The van der Waals surface area contributed by atoms with Crippen LogP contribution in [0.25, 0.3) is 0 Å². The Hall–Kier alpha value is -3.92. The number of hydrogen-bond acceptors (Lipinski definition) is 7. The van der Waals surface area contributed by atoms with Crippen molar-refractivity contribution in [1.82, 2.24) is 21.2 Å². The van der Waals surface area contributed by atoms with E-state index in [-0.39, 0.29) is 18.2 Å². The lowest BCUT2D eigenvalue weighted by Gasteiger charge is -2.23. The Balaban J connectivity index is 1.58. The maximum absolute atomic E-state index is 12.8. The van der Waals surface area contributed by atoms with Crippen LogP contribution in [-0.4, -0.2) is 35.5 Å². The zero-order valence-electron chi connectivity index (χ0n) is 22.1. The van der Waals surface area contributed by atoms with E-state index in [4.69, 9.17) is 4.74 Å². The summed E-state index contributed by atoms with van der Waals surface area (Å²) in [6.07, 6.45) is -0.346. The van der Waals surface area contributed by atoms with Gasteiger partial charge in [0.25, 0.3) is 11.8 Å². The van der Waals surface area contributed by atoms with Gasteiger partial charge in [-0.05, 0) is 36.0 Å². The smallest absolute Gasteiger partial charge is 0.408 e. The zero-order chi connectivity index (χ0) is 27.5. The van der Waals surface area contributed by atoms with E-state index in [1.54, 1.807) is 5.38 Å². The Labute approximate surface area is 227 Å². The van der Waals surface area contributed by atoms with Crippen LogP contribution in [0.1, 0.15) is 50.2 Å². The lowest BCUT2D eigenvalue weighted by molar-refractivity contribution is -0.124. The van der Waals surface area contributed by atoms with E-state index in [2.05, 4.69) is 39.9 Å². The number of alkyl carbamates (subject to hydrolysis) is 1. The number of aromatic nitrogens is 1. The van der Waals surface area contributed by atoms with Crippen molar-refractivity contribution < 1.29 is 19.1 Å². The molecule has 1 aromatic heterocycles. The highest BCUT2D eigenvalue weighted by atomic mass is 32.1. The number of ether oxygens (including phenoxy) is 1. The van der Waals surface area contributed by atoms with Crippen LogP contribution in [0.3, 0.4) is 0 Å². The third-order valence-corrected chi connectivity index (χ3v) is 6.26. The largest absolute Gasteiger partial charge is 0.445 e. The predicted octanol–water partition coefficient (Wildman–Crippen LogP) is 5.04. The van der Waals surface area contributed by atoms with E-state index in [1.165, 1.54) is 11.3 Å². The van der Waals surface area contributed by atoms with Gasteiger partial charge in [-0.1, -0.05) is 76.2 Å². The number of nitrogens with zero attached hydrogens (tertiary/aromatic N) is 2. The van der Waals surface area contributed by atoms with Crippen molar-refractivity contribution in [3.05, 3.63) is 77.3 Å². The van der Waals surface area contributed by atoms with Crippen molar-refractivity contribution in [1.29, 1.82) is 0 Å². The summed E-state index contributed by atoms with van der Waals surface area (Å²) in [5.41, 5.74) is 6.83. The Bertz CT molecular complexity index is 1180. The van der Waals surface area contributed by atoms with E-state index in [1.807, 2.05) is 74.5 Å². The maximum Gasteiger partial charge on any atom is 0.408 e. The highest BCUT2D eigenvalue weighted by Crippen LogP contribution is 2.29. The highest BCUT2D eigenvalue weighted by molar-refractivity contribution is 7.14. The SMILES string of the molecule is CC(C)C[C@@H](NC(=O)OCc1ccccc1)C(=O)NNC(=O)c1csc(N(CC(C)C)c2ccccc2)n1. The van der Waals surface area contributed by atoms with Crippen molar-refractivity contribution in [2.24, 2.45) is 11.8 Å². The molecule has 0 fully saturated rings. The number of thiazole rings is 1. The Morgan fingerprint density at radius 3 is 2.21 bits per heavy atom. The summed E-state index contributed by atoms with van der Waals surface area (Å²) in [4.78, 5) is 44.5. The van der Waals surface area contributed by atoms with Crippen LogP contribution in [0.4, 0.5) is 15.6 Å². The minimum atomic E-state index is -0.885. The number of benzene rings is 2. The number of rotatable bonds is 11. The first-order chi connectivity index (χ1) is 18.2. The van der Waals surface area contributed by atoms with Crippen LogP contribution in [0.2, 0.25) is 0 Å². The van der Waals surface area contributed by atoms with Gasteiger partial charge in [-0.25, -0.2) is 9.78 Å². The van der Waals surface area contributed by atoms with Crippen LogP contribution in [-0.2, 0) is 16.1 Å². The fourth-order valence-electron chi connectivity index (χ4n) is 3.64. The van der Waals surface area contributed by atoms with Crippen LogP contribution >= 0.6 is 11.3 Å². The van der Waals surface area contributed by atoms with Gasteiger partial charge in [-0.15, -0.1) is 11.3 Å². The van der Waals surface area contributed by atoms with E-state index in [0.717, 1.165) is 17.8 Å². The lowest BCUT2D eigenvalue weighted by Crippen LogP contribution is -2.52. The van der Waals surface area contributed by atoms with E-state index >= 15 is 0 Å². The highest BCUT2D eigenvalue weighted by Gasteiger charge is 2.24. The van der Waals surface area contributed by atoms with Crippen molar-refractivity contribution in [3.63, 3.8) is 0 Å². The normalized spacial score (nSPS) is 11.6. The number of hydrazine groups is 1. The number of amides is 3. The molecule has 0 radical (unpaired) electrons. The molecule has 1 atom stereocenters. The second kappa shape index (κ2) is 14.1. The fourth-order valence-corrected chi connectivity index (χ4v) is 4.47. The van der Waals surface area contributed by atoms with Crippen LogP contribution < -0.4 is 21.1 Å². The van der Waals surface area contributed by atoms with Crippen LogP contribution in [0.15, 0.2) is 66.0 Å². The molecule has 1 heterocycles. The molecule has 0 aliphatic rings. The Morgan fingerprint density at radius 2 is 1.58 bits per heavy atom. The molecule has 202 valence electrons. The molecule has 3 aromatic rings. The van der Waals surface area contributed by atoms with Crippen molar-refractivity contribution in [2.75, 3.05) is 11.4 Å². The number of carbonyl (C=O) groups is 3. The summed E-state index contributed by atoms with van der Waals surface area (Å²) in [7, 11) is 0. The Morgan fingerprint density at radius 1 is 0.921 bits per heavy atom. The molecule has 3 rings (SSSR count). The summed E-state index contributed by atoms with van der Waals surface area (Å²) in [5.74, 6) is -0.611. The van der Waals surface area contributed by atoms with Gasteiger partial charge in [0.15, 0.2) is 5.13 Å². The average molecular weight is 538 g/mol. The molecule has 2 aromatic carbocycles. The van der Waals surface area contributed by atoms with Crippen LogP contribution in [0, 0.1) is 11.8 Å². The molecule has 0 saturated heterocycles. The molecular weight excluding hydrogens is 502 g/mol. The molecule has 9 nitrogen and oxygen atoms in total. The molecular formula is C28H35N5O4S. The van der Waals surface area contributed by atoms with Gasteiger partial charge in [-0.2, -0.15) is 0 Å². The molecule has 0 bridgehead atoms. The van der Waals surface area contributed by atoms with Crippen LogP contribution in [0.5, 0.6) is 0 Å². The number of nitrogens with one attached hydrogen (secondary N) is 3. The topological polar surface area (TPSA) is 113 Å². The number of anilines is 2. The average Bonchev–Trinajstić information content (AvgIpc) is 3.39. The number of carbonyl (C=O) groups excluding carboxylic acids is 3. The minimum Gasteiger partial charge on any atom is -0.445 e. The molecule has 3 N–H and O–H groups in total. The quantitative estimate of drug-likeness (QED) is 0.296. The molecule has 0 spiro atoms. The second-order valence-electron chi connectivity index (χ2n) is 9.69. The Kier molecular flexibility index (Phi) is 10.7. The standard InChI is InChI=1S/C28H35N5O4S/c1-19(2)15-23(30-28(36)37-17-21-11-7-5-8-12-21)25(34)31-32-26(35)24-18-38-27(29-24)33(16-20(3)4)22-13-9-6-10-14-22/h5-14,18-20,23H,15-17H2,1-4H3,(H,30,36)(H,31,34)(H,32,35)/t23-/m1/s1. The first-order valence-electron chi connectivity index (χ1n) is 12.6. The number of para-hydroxylation sites is 1. The monoisotopic (exact) mass is 537 g/mol. The lowest BCUT2D eigenvalue weighted by atomic mass is 10.0. The fraction of sp³-hybridized carbons (Fsp3) is 0.357. The van der Waals surface area contributed by atoms with Gasteiger partial charge >= 0.3 is 6.09 Å². The van der Waals surface area contributed by atoms with Crippen molar-refractivity contribution >= 4 is 40.1 Å². The summed E-state index contributed by atoms with van der Waals surface area (Å²) in [6.45, 7) is 8.92. The van der Waals surface area contributed by atoms with Gasteiger partial charge in [0.2, 0.25) is 0 Å². The molecule has 0 unspecified atom stereocenters. The van der Waals surface area contributed by atoms with Gasteiger partial charge in [0.05, 0.1) is 0 Å². The zero-order valence-corrected chi connectivity index (χ0v) is 23.0. The third-order valence-electron chi connectivity index (χ3n) is 5.40. The third kappa shape index (κ3) is 8.88. The van der Waals surface area contributed by atoms with Gasteiger partial charge < -0.3 is 15.0 Å². The second-order valence-corrected chi connectivity index (χ2v) is 10.5. The summed E-state index contributed by atoms with van der Waals surface area (Å²) >= 11 is 1.35. The summed E-state index contributed by atoms with van der Waals surface area (Å²) < 4.78 is 5.24. The van der Waals surface area contributed by atoms with Gasteiger partial charge in [0.1, 0.15) is 18.3 Å². The van der Waals surface area contributed by atoms with E-state index in [9.17, 15) is 14.4 Å². The predicted molar refractivity (Wildman–Crippen MR) is 149 cm³/mol. The summed E-state index contributed by atoms with van der Waals surface area (Å²) in [5, 5.41) is 4.93. The van der Waals surface area contributed by atoms with Gasteiger partial charge in [-0.3, -0.25) is 20.4 Å². The minimum absolute atomic E-state index is 0.0857. The maximum atomic E-state index is 12.8. The number of hydrogen-bond donors (Lipinski definition) is 3. The molecule has 38 heavy (non-hydrogen) atoms.